The zero-order valence-electron chi connectivity index (χ0n) is 7.12. The van der Waals surface area contributed by atoms with Crippen LogP contribution in [0.3, 0.4) is 0 Å². The monoisotopic (exact) mass is 177 g/mol. The van der Waals surface area contributed by atoms with E-state index in [1.54, 1.807) is 31.2 Å². The minimum absolute atomic E-state index is 0.293. The number of nitrogens with zero attached hydrogens (tertiary/aromatic N) is 1. The molecule has 1 heterocycles. The third-order valence-electron chi connectivity index (χ3n) is 1.77. The van der Waals surface area contributed by atoms with Gasteiger partial charge in [0.15, 0.2) is 5.76 Å². The van der Waals surface area contributed by atoms with E-state index < -0.39 is 0 Å². The Bertz CT molecular complexity index is 422. The smallest absolute Gasteiger partial charge is 0.170 e. The molecule has 13 heavy (non-hydrogen) atoms. The number of benzene rings is 1. The first kappa shape index (κ1) is 7.98. The molecule has 1 aromatic carbocycles. The first-order chi connectivity index (χ1) is 6.27. The summed E-state index contributed by atoms with van der Waals surface area (Å²) in [5.74, 6) is 0.175. The highest BCUT2D eigenvalue weighted by Crippen LogP contribution is 2.22. The van der Waals surface area contributed by atoms with E-state index in [1.165, 1.54) is 6.07 Å². The second-order valence-electron chi connectivity index (χ2n) is 2.81. The molecule has 0 atom stereocenters. The van der Waals surface area contributed by atoms with Crippen molar-refractivity contribution in [1.29, 1.82) is 0 Å². The minimum Gasteiger partial charge on any atom is -0.356 e. The van der Waals surface area contributed by atoms with Gasteiger partial charge in [0, 0.05) is 6.07 Å². The van der Waals surface area contributed by atoms with Crippen molar-refractivity contribution in [2.45, 2.75) is 6.92 Å². The number of halogens is 1. The van der Waals surface area contributed by atoms with E-state index in [4.69, 9.17) is 4.52 Å². The van der Waals surface area contributed by atoms with Gasteiger partial charge in [-0.2, -0.15) is 0 Å². The summed E-state index contributed by atoms with van der Waals surface area (Å²) in [4.78, 5) is 0. The SMILES string of the molecule is Cc1cc(-c2ccccc2F)on1. The van der Waals surface area contributed by atoms with Gasteiger partial charge in [0.2, 0.25) is 0 Å². The average molecular weight is 177 g/mol. The summed E-state index contributed by atoms with van der Waals surface area (Å²) in [5, 5.41) is 3.69. The molecule has 0 unspecified atom stereocenters. The van der Waals surface area contributed by atoms with Crippen LogP contribution in [0.25, 0.3) is 11.3 Å². The van der Waals surface area contributed by atoms with E-state index in [2.05, 4.69) is 5.16 Å². The van der Waals surface area contributed by atoms with Crippen molar-refractivity contribution in [1.82, 2.24) is 5.16 Å². The third-order valence-corrected chi connectivity index (χ3v) is 1.77. The van der Waals surface area contributed by atoms with Crippen LogP contribution in [0.2, 0.25) is 0 Å². The maximum atomic E-state index is 13.2. The van der Waals surface area contributed by atoms with Crippen LogP contribution in [0.1, 0.15) is 5.69 Å². The quantitative estimate of drug-likeness (QED) is 0.669. The molecule has 1 aromatic heterocycles. The molecule has 2 aromatic rings. The average Bonchev–Trinajstić information content (AvgIpc) is 2.53. The van der Waals surface area contributed by atoms with Gasteiger partial charge in [-0.15, -0.1) is 0 Å². The van der Waals surface area contributed by atoms with Crippen LogP contribution in [-0.4, -0.2) is 5.16 Å². The molecule has 0 N–H and O–H groups in total. The molecule has 0 aliphatic rings. The molecule has 66 valence electrons. The Kier molecular flexibility index (Phi) is 1.85. The molecule has 0 aliphatic carbocycles. The lowest BCUT2D eigenvalue weighted by molar-refractivity contribution is 0.425. The van der Waals surface area contributed by atoms with Gasteiger partial charge in [-0.3, -0.25) is 0 Å². The highest BCUT2D eigenvalue weighted by Gasteiger charge is 2.08. The maximum absolute atomic E-state index is 13.2. The van der Waals surface area contributed by atoms with Gasteiger partial charge in [0.1, 0.15) is 5.82 Å². The maximum Gasteiger partial charge on any atom is 0.170 e. The zero-order valence-corrected chi connectivity index (χ0v) is 7.12. The molecule has 0 aliphatic heterocycles. The summed E-state index contributed by atoms with van der Waals surface area (Å²) >= 11 is 0. The molecule has 2 nitrogen and oxygen atoms in total. The largest absolute Gasteiger partial charge is 0.356 e. The van der Waals surface area contributed by atoms with Gasteiger partial charge in [-0.05, 0) is 19.1 Å². The molecule has 0 bridgehead atoms. The molecular formula is C10H8FNO. The van der Waals surface area contributed by atoms with Gasteiger partial charge in [-0.25, -0.2) is 4.39 Å². The summed E-state index contributed by atoms with van der Waals surface area (Å²) in [7, 11) is 0. The number of hydrogen-bond donors (Lipinski definition) is 0. The van der Waals surface area contributed by atoms with E-state index in [-0.39, 0.29) is 5.82 Å². The predicted octanol–water partition coefficient (Wildman–Crippen LogP) is 2.79. The lowest BCUT2D eigenvalue weighted by Gasteiger charge is -1.95. The molecule has 0 amide bonds. The van der Waals surface area contributed by atoms with E-state index in [1.807, 2.05) is 0 Å². The van der Waals surface area contributed by atoms with Crippen molar-refractivity contribution in [2.24, 2.45) is 0 Å². The Labute approximate surface area is 75.0 Å². The van der Waals surface area contributed by atoms with Crippen molar-refractivity contribution in [2.75, 3.05) is 0 Å². The van der Waals surface area contributed by atoms with Gasteiger partial charge in [0.05, 0.1) is 11.3 Å². The van der Waals surface area contributed by atoms with Gasteiger partial charge in [-0.1, -0.05) is 17.3 Å². The molecular weight excluding hydrogens is 169 g/mol. The van der Waals surface area contributed by atoms with Crippen molar-refractivity contribution in [3.8, 4) is 11.3 Å². The van der Waals surface area contributed by atoms with Crippen molar-refractivity contribution < 1.29 is 8.91 Å². The van der Waals surface area contributed by atoms with Gasteiger partial charge >= 0.3 is 0 Å². The predicted molar refractivity (Wildman–Crippen MR) is 46.6 cm³/mol. The second kappa shape index (κ2) is 3.01. The summed E-state index contributed by atoms with van der Waals surface area (Å²) in [6, 6.07) is 8.17. The van der Waals surface area contributed by atoms with Crippen molar-refractivity contribution >= 4 is 0 Å². The highest BCUT2D eigenvalue weighted by atomic mass is 19.1. The molecule has 0 radical (unpaired) electrons. The first-order valence-electron chi connectivity index (χ1n) is 3.95. The van der Waals surface area contributed by atoms with Crippen LogP contribution < -0.4 is 0 Å². The Morgan fingerprint density at radius 3 is 2.69 bits per heavy atom. The molecule has 0 saturated heterocycles. The molecule has 0 saturated carbocycles. The molecule has 3 heteroatoms. The van der Waals surface area contributed by atoms with Crippen LogP contribution in [0, 0.1) is 12.7 Å². The number of hydrogen-bond acceptors (Lipinski definition) is 2. The topological polar surface area (TPSA) is 26.0 Å². The van der Waals surface area contributed by atoms with Gasteiger partial charge in [0.25, 0.3) is 0 Å². The first-order valence-corrected chi connectivity index (χ1v) is 3.95. The van der Waals surface area contributed by atoms with Crippen molar-refractivity contribution in [3.05, 3.63) is 41.8 Å². The Hall–Kier alpha value is -1.64. The van der Waals surface area contributed by atoms with E-state index in [0.29, 0.717) is 11.3 Å². The van der Waals surface area contributed by atoms with E-state index in [9.17, 15) is 4.39 Å². The molecule has 0 spiro atoms. The molecule has 0 fully saturated rings. The fourth-order valence-electron chi connectivity index (χ4n) is 1.15. The number of aromatic nitrogens is 1. The summed E-state index contributed by atoms with van der Waals surface area (Å²) in [6.45, 7) is 1.80. The van der Waals surface area contributed by atoms with Crippen LogP contribution in [0.5, 0.6) is 0 Å². The van der Waals surface area contributed by atoms with Crippen LogP contribution in [0.15, 0.2) is 34.9 Å². The zero-order chi connectivity index (χ0) is 9.26. The van der Waals surface area contributed by atoms with Gasteiger partial charge < -0.3 is 4.52 Å². The minimum atomic E-state index is -0.293. The van der Waals surface area contributed by atoms with Crippen molar-refractivity contribution in [3.63, 3.8) is 0 Å². The highest BCUT2D eigenvalue weighted by molar-refractivity contribution is 5.57. The Morgan fingerprint density at radius 2 is 2.08 bits per heavy atom. The summed E-state index contributed by atoms with van der Waals surface area (Å²) in [6.07, 6.45) is 0. The lowest BCUT2D eigenvalue weighted by Crippen LogP contribution is -1.79. The second-order valence-corrected chi connectivity index (χ2v) is 2.81. The number of rotatable bonds is 1. The number of aryl methyl sites for hydroxylation is 1. The van der Waals surface area contributed by atoms with Crippen LogP contribution in [-0.2, 0) is 0 Å². The fraction of sp³-hybridized carbons (Fsp3) is 0.100. The Morgan fingerprint density at radius 1 is 1.31 bits per heavy atom. The Balaban J connectivity index is 2.52. The third kappa shape index (κ3) is 1.45. The van der Waals surface area contributed by atoms with E-state index in [0.717, 1.165) is 5.69 Å². The standard InChI is InChI=1S/C10H8FNO/c1-7-6-10(13-12-7)8-4-2-3-5-9(8)11/h2-6H,1H3. The fourth-order valence-corrected chi connectivity index (χ4v) is 1.15. The lowest BCUT2D eigenvalue weighted by atomic mass is 10.1. The normalized spacial score (nSPS) is 10.3. The summed E-state index contributed by atoms with van der Waals surface area (Å²) < 4.78 is 18.1. The van der Waals surface area contributed by atoms with Crippen LogP contribution in [0.4, 0.5) is 4.39 Å². The van der Waals surface area contributed by atoms with Crippen LogP contribution >= 0.6 is 0 Å². The molecule has 2 rings (SSSR count). The summed E-state index contributed by atoms with van der Waals surface area (Å²) in [5.41, 5.74) is 1.20. The van der Waals surface area contributed by atoms with E-state index >= 15 is 0 Å².